The third-order valence-electron chi connectivity index (χ3n) is 4.29. The highest BCUT2D eigenvalue weighted by Gasteiger charge is 2.15. The number of thiazole rings is 1. The quantitative estimate of drug-likeness (QED) is 0.367. The average molecular weight is 467 g/mol. The van der Waals surface area contributed by atoms with Gasteiger partial charge in [0.05, 0.1) is 15.1 Å². The molecular weight excluding hydrogens is 440 g/mol. The average Bonchev–Trinajstić information content (AvgIpc) is 3.17. The number of hydrogen-bond acceptors (Lipinski definition) is 9. The molecule has 3 N–H and O–H groups in total. The van der Waals surface area contributed by atoms with Gasteiger partial charge in [0, 0.05) is 36.9 Å². The molecule has 0 aliphatic rings. The van der Waals surface area contributed by atoms with Crippen molar-refractivity contribution in [2.24, 2.45) is 5.92 Å². The number of sulfonamides is 1. The molecule has 8 nitrogen and oxygen atoms in total. The molecule has 2 heterocycles. The number of fused-ring (bicyclic) bond motifs is 1. The van der Waals surface area contributed by atoms with Crippen LogP contribution in [-0.4, -0.2) is 49.3 Å². The maximum Gasteiger partial charge on any atom is 0.240 e. The van der Waals surface area contributed by atoms with Gasteiger partial charge in [-0.15, -0.1) is 11.8 Å². The third-order valence-corrected chi connectivity index (χ3v) is 7.40. The highest BCUT2D eigenvalue weighted by atomic mass is 32.2. The van der Waals surface area contributed by atoms with Gasteiger partial charge >= 0.3 is 0 Å². The van der Waals surface area contributed by atoms with Crippen LogP contribution in [0.5, 0.6) is 0 Å². The summed E-state index contributed by atoms with van der Waals surface area (Å²) in [5.74, 6) is 0.931. The van der Waals surface area contributed by atoms with Crippen LogP contribution < -0.4 is 15.4 Å². The summed E-state index contributed by atoms with van der Waals surface area (Å²) >= 11 is 3.06. The van der Waals surface area contributed by atoms with Crippen molar-refractivity contribution in [1.29, 1.82) is 0 Å². The number of aromatic nitrogens is 3. The molecule has 0 radical (unpaired) electrons. The lowest BCUT2D eigenvalue weighted by Gasteiger charge is -2.13. The summed E-state index contributed by atoms with van der Waals surface area (Å²) in [6.07, 6.45) is 6.34. The largest absolute Gasteiger partial charge is 0.361 e. The van der Waals surface area contributed by atoms with Crippen LogP contribution >= 0.6 is 23.1 Å². The molecule has 1 aromatic carbocycles. The van der Waals surface area contributed by atoms with Crippen LogP contribution in [-0.2, 0) is 10.0 Å². The molecule has 0 bridgehead atoms. The van der Waals surface area contributed by atoms with Crippen molar-refractivity contribution in [3.05, 3.63) is 30.6 Å². The van der Waals surface area contributed by atoms with E-state index in [1.165, 1.54) is 11.3 Å². The van der Waals surface area contributed by atoms with E-state index in [9.17, 15) is 8.42 Å². The van der Waals surface area contributed by atoms with Gasteiger partial charge in [-0.2, -0.15) is 0 Å². The second kappa shape index (κ2) is 10.4. The summed E-state index contributed by atoms with van der Waals surface area (Å²) in [6, 6.07) is 5.02. The molecule has 3 rings (SSSR count). The Morgan fingerprint density at radius 1 is 1.17 bits per heavy atom. The minimum Gasteiger partial charge on any atom is -0.361 e. The van der Waals surface area contributed by atoms with Gasteiger partial charge in [0.2, 0.25) is 16.0 Å². The molecule has 162 valence electrons. The maximum atomic E-state index is 12.3. The van der Waals surface area contributed by atoms with Gasteiger partial charge in [-0.05, 0) is 36.8 Å². The zero-order valence-electron chi connectivity index (χ0n) is 17.2. The number of benzene rings is 1. The van der Waals surface area contributed by atoms with Gasteiger partial charge < -0.3 is 10.6 Å². The van der Waals surface area contributed by atoms with Crippen molar-refractivity contribution < 1.29 is 8.42 Å². The fourth-order valence-corrected chi connectivity index (χ4v) is 5.04. The van der Waals surface area contributed by atoms with E-state index in [1.54, 1.807) is 42.4 Å². The first-order valence-corrected chi connectivity index (χ1v) is 13.2. The molecule has 0 amide bonds. The van der Waals surface area contributed by atoms with Crippen molar-refractivity contribution in [1.82, 2.24) is 19.7 Å². The fraction of sp³-hybridized carbons (Fsp3) is 0.421. The molecular formula is C19H26N6O2S3. The van der Waals surface area contributed by atoms with Gasteiger partial charge in [-0.3, -0.25) is 0 Å². The monoisotopic (exact) mass is 466 g/mol. The van der Waals surface area contributed by atoms with Crippen molar-refractivity contribution in [2.45, 2.75) is 30.1 Å². The second-order valence-corrected chi connectivity index (χ2v) is 10.5. The first kappa shape index (κ1) is 22.7. The van der Waals surface area contributed by atoms with Crippen molar-refractivity contribution in [2.75, 3.05) is 36.5 Å². The summed E-state index contributed by atoms with van der Waals surface area (Å²) < 4.78 is 28.1. The number of nitrogens with one attached hydrogen (secondary N) is 3. The smallest absolute Gasteiger partial charge is 0.240 e. The highest BCUT2D eigenvalue weighted by Crippen LogP contribution is 2.28. The maximum absolute atomic E-state index is 12.3. The zero-order valence-corrected chi connectivity index (χ0v) is 19.6. The zero-order chi connectivity index (χ0) is 21.6. The predicted octanol–water partition coefficient (Wildman–Crippen LogP) is 3.66. The van der Waals surface area contributed by atoms with E-state index < -0.39 is 10.0 Å². The van der Waals surface area contributed by atoms with Gasteiger partial charge in [0.15, 0.2) is 5.13 Å². The summed E-state index contributed by atoms with van der Waals surface area (Å²) in [5, 5.41) is 7.35. The normalized spacial score (nSPS) is 12.8. The molecule has 2 aromatic heterocycles. The fourth-order valence-electron chi connectivity index (χ4n) is 2.58. The summed E-state index contributed by atoms with van der Waals surface area (Å²) in [7, 11) is -3.48. The van der Waals surface area contributed by atoms with Crippen LogP contribution in [0.15, 0.2) is 40.4 Å². The Morgan fingerprint density at radius 2 is 1.90 bits per heavy atom. The molecule has 3 aromatic rings. The lowest BCUT2D eigenvalue weighted by atomic mass is 10.2. The number of anilines is 2. The SMILES string of the molecule is CCCNS(=O)(=O)c1ccc2nc(NCC(C)CNc3ncc(SC)cn3)sc2c1. The Morgan fingerprint density at radius 3 is 2.60 bits per heavy atom. The molecule has 0 aliphatic heterocycles. The van der Waals surface area contributed by atoms with Crippen LogP contribution in [0.2, 0.25) is 0 Å². The third kappa shape index (κ3) is 6.03. The number of thioether (sulfide) groups is 1. The first-order chi connectivity index (χ1) is 14.4. The lowest BCUT2D eigenvalue weighted by molar-refractivity contribution is 0.581. The Bertz CT molecular complexity index is 1070. The van der Waals surface area contributed by atoms with E-state index in [4.69, 9.17) is 0 Å². The van der Waals surface area contributed by atoms with Gasteiger partial charge in [0.1, 0.15) is 0 Å². The summed E-state index contributed by atoms with van der Waals surface area (Å²) in [6.45, 7) is 5.92. The Labute approximate surface area is 185 Å². The number of hydrogen-bond donors (Lipinski definition) is 3. The van der Waals surface area contributed by atoms with E-state index in [-0.39, 0.29) is 4.90 Å². The van der Waals surface area contributed by atoms with E-state index in [2.05, 4.69) is 37.2 Å². The molecule has 0 aliphatic carbocycles. The summed E-state index contributed by atoms with van der Waals surface area (Å²) in [5.41, 5.74) is 0.782. The molecule has 0 fully saturated rings. The van der Waals surface area contributed by atoms with Gasteiger partial charge in [-0.25, -0.2) is 28.1 Å². The Kier molecular flexibility index (Phi) is 7.87. The van der Waals surface area contributed by atoms with Crippen molar-refractivity contribution >= 4 is 54.4 Å². The topological polar surface area (TPSA) is 109 Å². The Hall–Kier alpha value is -1.95. The molecule has 0 spiro atoms. The standard InChI is InChI=1S/C19H26N6O2S3/c1-4-7-24-30(26,27)15-5-6-16-17(8-15)29-19(25-16)23-10-13(2)9-20-18-21-11-14(28-3)12-22-18/h5-6,8,11-13,24H,4,7,9-10H2,1-3H3,(H,23,25)(H,20,21,22). The van der Waals surface area contributed by atoms with Crippen molar-refractivity contribution in [3.8, 4) is 0 Å². The summed E-state index contributed by atoms with van der Waals surface area (Å²) in [4.78, 5) is 14.4. The van der Waals surface area contributed by atoms with Crippen LogP contribution in [0.3, 0.4) is 0 Å². The molecule has 0 saturated heterocycles. The Balaban J connectivity index is 1.56. The van der Waals surface area contributed by atoms with Crippen LogP contribution in [0, 0.1) is 5.92 Å². The minimum atomic E-state index is -3.48. The minimum absolute atomic E-state index is 0.267. The lowest BCUT2D eigenvalue weighted by Crippen LogP contribution is -2.24. The molecule has 1 atom stereocenters. The first-order valence-electron chi connectivity index (χ1n) is 9.65. The highest BCUT2D eigenvalue weighted by molar-refractivity contribution is 7.98. The van der Waals surface area contributed by atoms with Crippen molar-refractivity contribution in [3.63, 3.8) is 0 Å². The van der Waals surface area contributed by atoms with Gasteiger partial charge in [0.25, 0.3) is 0 Å². The van der Waals surface area contributed by atoms with E-state index in [0.29, 0.717) is 18.4 Å². The predicted molar refractivity (Wildman–Crippen MR) is 125 cm³/mol. The van der Waals surface area contributed by atoms with Gasteiger partial charge in [-0.1, -0.05) is 25.2 Å². The van der Waals surface area contributed by atoms with Crippen LogP contribution in [0.1, 0.15) is 20.3 Å². The molecule has 30 heavy (non-hydrogen) atoms. The number of nitrogens with zero attached hydrogens (tertiary/aromatic N) is 3. The van der Waals surface area contributed by atoms with E-state index >= 15 is 0 Å². The molecule has 11 heteroatoms. The molecule has 1 unspecified atom stereocenters. The van der Waals surface area contributed by atoms with E-state index in [1.807, 2.05) is 13.2 Å². The second-order valence-electron chi connectivity index (χ2n) is 6.86. The van der Waals surface area contributed by atoms with Crippen LogP contribution in [0.4, 0.5) is 11.1 Å². The van der Waals surface area contributed by atoms with Crippen LogP contribution in [0.25, 0.3) is 10.2 Å². The van der Waals surface area contributed by atoms with E-state index in [0.717, 1.165) is 39.8 Å². The molecule has 0 saturated carbocycles. The number of rotatable bonds is 11.